The van der Waals surface area contributed by atoms with Gasteiger partial charge in [-0.2, -0.15) is 0 Å². The van der Waals surface area contributed by atoms with Crippen LogP contribution in [0.15, 0.2) is 55.4 Å². The molecule has 17 heavy (non-hydrogen) atoms. The van der Waals surface area contributed by atoms with Gasteiger partial charge in [-0.05, 0) is 62.2 Å². The highest BCUT2D eigenvalue weighted by molar-refractivity contribution is 9.11. The zero-order valence-electron chi connectivity index (χ0n) is 8.98. The molecule has 0 radical (unpaired) electrons. The zero-order chi connectivity index (χ0) is 12.3. The van der Waals surface area contributed by atoms with Crippen molar-refractivity contribution in [3.05, 3.63) is 45.5 Å². The summed E-state index contributed by atoms with van der Waals surface area (Å²) in [6.45, 7) is 0. The van der Waals surface area contributed by atoms with Gasteiger partial charge >= 0.3 is 0 Å². The van der Waals surface area contributed by atoms with Crippen LogP contribution in [0.5, 0.6) is 5.75 Å². The van der Waals surface area contributed by atoms with Crippen molar-refractivity contribution >= 4 is 43.6 Å². The van der Waals surface area contributed by atoms with Crippen LogP contribution in [-0.2, 0) is 0 Å². The second kappa shape index (κ2) is 5.89. The fourth-order valence-corrected chi connectivity index (χ4v) is 3.22. The number of nitrogens with zero attached hydrogens (tertiary/aromatic N) is 1. The maximum absolute atomic E-state index is 5.12. The third kappa shape index (κ3) is 3.47. The van der Waals surface area contributed by atoms with Crippen LogP contribution in [0.1, 0.15) is 0 Å². The van der Waals surface area contributed by atoms with Gasteiger partial charge < -0.3 is 4.74 Å². The van der Waals surface area contributed by atoms with Gasteiger partial charge in [-0.3, -0.25) is 0 Å². The molecule has 1 heterocycles. The van der Waals surface area contributed by atoms with Crippen LogP contribution in [0.3, 0.4) is 0 Å². The number of pyridine rings is 1. The van der Waals surface area contributed by atoms with Gasteiger partial charge in [-0.25, -0.2) is 4.98 Å². The van der Waals surface area contributed by atoms with Gasteiger partial charge in [-0.15, -0.1) is 0 Å². The molecule has 0 spiro atoms. The van der Waals surface area contributed by atoms with E-state index in [1.807, 2.05) is 30.3 Å². The van der Waals surface area contributed by atoms with Crippen molar-refractivity contribution in [1.29, 1.82) is 0 Å². The number of aromatic nitrogens is 1. The molecule has 0 amide bonds. The van der Waals surface area contributed by atoms with Crippen molar-refractivity contribution in [3.63, 3.8) is 0 Å². The van der Waals surface area contributed by atoms with E-state index in [1.54, 1.807) is 25.1 Å². The maximum Gasteiger partial charge on any atom is 0.118 e. The number of rotatable bonds is 3. The van der Waals surface area contributed by atoms with Crippen molar-refractivity contribution < 1.29 is 4.74 Å². The molecule has 1 aromatic heterocycles. The highest BCUT2D eigenvalue weighted by Crippen LogP contribution is 2.33. The summed E-state index contributed by atoms with van der Waals surface area (Å²) in [6.07, 6.45) is 1.79. The van der Waals surface area contributed by atoms with E-state index < -0.39 is 0 Å². The Balaban J connectivity index is 2.19. The summed E-state index contributed by atoms with van der Waals surface area (Å²) in [5.74, 6) is 0.859. The second-order valence-corrected chi connectivity index (χ2v) is 6.05. The van der Waals surface area contributed by atoms with Gasteiger partial charge in [-0.1, -0.05) is 11.8 Å². The third-order valence-corrected chi connectivity index (χ3v) is 4.38. The van der Waals surface area contributed by atoms with Gasteiger partial charge in [0, 0.05) is 15.6 Å². The Morgan fingerprint density at radius 2 is 1.88 bits per heavy atom. The van der Waals surface area contributed by atoms with E-state index in [4.69, 9.17) is 4.74 Å². The van der Waals surface area contributed by atoms with Crippen LogP contribution >= 0.6 is 43.6 Å². The van der Waals surface area contributed by atoms with Crippen LogP contribution in [-0.4, -0.2) is 12.1 Å². The molecular formula is C12H9Br2NOS. The molecule has 0 aliphatic carbocycles. The van der Waals surface area contributed by atoms with Crippen molar-refractivity contribution in [1.82, 2.24) is 4.98 Å². The van der Waals surface area contributed by atoms with E-state index in [0.29, 0.717) is 0 Å². The van der Waals surface area contributed by atoms with Crippen LogP contribution in [0.4, 0.5) is 0 Å². The average molecular weight is 375 g/mol. The summed E-state index contributed by atoms with van der Waals surface area (Å²) in [5.41, 5.74) is 0. The lowest BCUT2D eigenvalue weighted by Crippen LogP contribution is -1.84. The summed E-state index contributed by atoms with van der Waals surface area (Å²) in [7, 11) is 1.66. The molecule has 0 saturated carbocycles. The Labute approximate surface area is 121 Å². The van der Waals surface area contributed by atoms with Crippen molar-refractivity contribution in [2.75, 3.05) is 7.11 Å². The van der Waals surface area contributed by atoms with Crippen molar-refractivity contribution in [3.8, 4) is 5.75 Å². The van der Waals surface area contributed by atoms with E-state index in [9.17, 15) is 0 Å². The van der Waals surface area contributed by atoms with Gasteiger partial charge in [0.05, 0.1) is 11.6 Å². The van der Waals surface area contributed by atoms with E-state index in [-0.39, 0.29) is 0 Å². The number of methoxy groups -OCH3 is 1. The first-order chi connectivity index (χ1) is 8.19. The summed E-state index contributed by atoms with van der Waals surface area (Å²) < 4.78 is 7.06. The number of hydrogen-bond donors (Lipinski definition) is 0. The Morgan fingerprint density at radius 3 is 2.47 bits per heavy atom. The van der Waals surface area contributed by atoms with Gasteiger partial charge in [0.15, 0.2) is 0 Å². The smallest absolute Gasteiger partial charge is 0.118 e. The summed E-state index contributed by atoms with van der Waals surface area (Å²) in [4.78, 5) is 5.48. The van der Waals surface area contributed by atoms with Crippen LogP contribution in [0, 0.1) is 0 Å². The quantitative estimate of drug-likeness (QED) is 0.772. The minimum absolute atomic E-state index is 0.859. The predicted molar refractivity (Wildman–Crippen MR) is 76.8 cm³/mol. The molecule has 0 bridgehead atoms. The Morgan fingerprint density at radius 1 is 1.18 bits per heavy atom. The molecule has 88 valence electrons. The van der Waals surface area contributed by atoms with E-state index in [2.05, 4.69) is 36.8 Å². The fraction of sp³-hybridized carbons (Fsp3) is 0.0833. The van der Waals surface area contributed by atoms with Crippen LogP contribution < -0.4 is 4.74 Å². The molecule has 2 rings (SSSR count). The number of ether oxygens (including phenoxy) is 1. The minimum atomic E-state index is 0.859. The Hall–Kier alpha value is -0.520. The topological polar surface area (TPSA) is 22.1 Å². The average Bonchev–Trinajstić information content (AvgIpc) is 2.34. The maximum atomic E-state index is 5.12. The van der Waals surface area contributed by atoms with Crippen LogP contribution in [0.2, 0.25) is 0 Å². The molecule has 0 saturated heterocycles. The SMILES string of the molecule is COc1ccc(Sc2ncc(Br)cc2Br)cc1. The van der Waals surface area contributed by atoms with Crippen molar-refractivity contribution in [2.24, 2.45) is 0 Å². The lowest BCUT2D eigenvalue weighted by atomic mass is 10.3. The Kier molecular flexibility index (Phi) is 4.48. The number of hydrogen-bond acceptors (Lipinski definition) is 3. The lowest BCUT2D eigenvalue weighted by Gasteiger charge is -2.04. The largest absolute Gasteiger partial charge is 0.497 e. The summed E-state index contributed by atoms with van der Waals surface area (Å²) >= 11 is 8.48. The van der Waals surface area contributed by atoms with Crippen molar-refractivity contribution in [2.45, 2.75) is 9.92 Å². The molecule has 0 unspecified atom stereocenters. The zero-order valence-corrected chi connectivity index (χ0v) is 13.0. The summed E-state index contributed by atoms with van der Waals surface area (Å²) in [6, 6.07) is 9.89. The van der Waals surface area contributed by atoms with Gasteiger partial charge in [0.1, 0.15) is 10.8 Å². The monoisotopic (exact) mass is 373 g/mol. The normalized spacial score (nSPS) is 10.3. The molecule has 0 aliphatic heterocycles. The number of halogens is 2. The van der Waals surface area contributed by atoms with Gasteiger partial charge in [0.2, 0.25) is 0 Å². The standard InChI is InChI=1S/C12H9Br2NOS/c1-16-9-2-4-10(5-3-9)17-12-11(14)6-8(13)7-15-12/h2-7H,1H3. The molecule has 0 fully saturated rings. The second-order valence-electron chi connectivity index (χ2n) is 3.22. The highest BCUT2D eigenvalue weighted by atomic mass is 79.9. The first-order valence-corrected chi connectivity index (χ1v) is 7.22. The third-order valence-electron chi connectivity index (χ3n) is 2.05. The first-order valence-electron chi connectivity index (χ1n) is 4.82. The van der Waals surface area contributed by atoms with Gasteiger partial charge in [0.25, 0.3) is 0 Å². The summed E-state index contributed by atoms with van der Waals surface area (Å²) in [5, 5.41) is 0.943. The lowest BCUT2D eigenvalue weighted by molar-refractivity contribution is 0.414. The number of benzene rings is 1. The minimum Gasteiger partial charge on any atom is -0.497 e. The fourth-order valence-electron chi connectivity index (χ4n) is 1.23. The van der Waals surface area contributed by atoms with E-state index in [1.165, 1.54) is 0 Å². The van der Waals surface area contributed by atoms with E-state index in [0.717, 1.165) is 24.6 Å². The Bertz CT molecular complexity index is 516. The molecule has 1 aromatic carbocycles. The molecule has 2 nitrogen and oxygen atoms in total. The first kappa shape index (κ1) is 12.9. The van der Waals surface area contributed by atoms with E-state index >= 15 is 0 Å². The molecule has 5 heteroatoms. The van der Waals surface area contributed by atoms with Crippen LogP contribution in [0.25, 0.3) is 0 Å². The highest BCUT2D eigenvalue weighted by Gasteiger charge is 2.04. The molecule has 0 atom stereocenters. The molecule has 0 N–H and O–H groups in total. The predicted octanol–water partition coefficient (Wildman–Crippen LogP) is 4.77. The molecule has 2 aromatic rings. The molecular weight excluding hydrogens is 366 g/mol. The molecule has 0 aliphatic rings.